The molecule has 0 aromatic heterocycles. The lowest BCUT2D eigenvalue weighted by Gasteiger charge is -2.34. The lowest BCUT2D eigenvalue weighted by Crippen LogP contribution is -2.44. The summed E-state index contributed by atoms with van der Waals surface area (Å²) in [5, 5.41) is 2.88. The Morgan fingerprint density at radius 1 is 0.966 bits per heavy atom. The maximum absolute atomic E-state index is 12.3. The van der Waals surface area contributed by atoms with E-state index in [4.69, 9.17) is 0 Å². The topological polar surface area (TPSA) is 55.9 Å². The van der Waals surface area contributed by atoms with Crippen molar-refractivity contribution in [2.45, 2.75) is 20.3 Å². The first-order chi connectivity index (χ1) is 13.9. The molecule has 1 saturated heterocycles. The van der Waals surface area contributed by atoms with E-state index in [1.807, 2.05) is 43.3 Å². The number of carbonyl (C=O) groups excluding carboxylic acids is 2. The normalized spacial score (nSPS) is 14.5. The summed E-state index contributed by atoms with van der Waals surface area (Å²) in [5.74, 6) is -0.172. The summed E-state index contributed by atoms with van der Waals surface area (Å²) in [5.41, 5.74) is 3.90. The van der Waals surface area contributed by atoms with Crippen molar-refractivity contribution in [1.29, 1.82) is 0 Å². The van der Waals surface area contributed by atoms with Gasteiger partial charge in [0.1, 0.15) is 0 Å². The standard InChI is InChI=1S/C23H30N4O2/c1-18-4-6-20(7-5-18)24-23(29)12-13-27(19(2)28)22-10-8-21(9-11-22)26-16-14-25(3)15-17-26/h4-11H,12-17H2,1-3H3,(H,24,29). The van der Waals surface area contributed by atoms with Crippen LogP contribution in [0.2, 0.25) is 0 Å². The average molecular weight is 395 g/mol. The molecule has 6 nitrogen and oxygen atoms in total. The fourth-order valence-corrected chi connectivity index (χ4v) is 3.45. The van der Waals surface area contributed by atoms with Gasteiger partial charge in [0.15, 0.2) is 0 Å². The number of rotatable bonds is 6. The van der Waals surface area contributed by atoms with Crippen LogP contribution in [0.25, 0.3) is 0 Å². The van der Waals surface area contributed by atoms with Crippen LogP contribution in [-0.4, -0.2) is 56.5 Å². The zero-order valence-electron chi connectivity index (χ0n) is 17.5. The Kier molecular flexibility index (Phi) is 6.88. The molecule has 29 heavy (non-hydrogen) atoms. The molecule has 0 spiro atoms. The summed E-state index contributed by atoms with van der Waals surface area (Å²) < 4.78 is 0. The highest BCUT2D eigenvalue weighted by atomic mass is 16.2. The molecule has 1 heterocycles. The lowest BCUT2D eigenvalue weighted by atomic mass is 10.2. The Bertz CT molecular complexity index is 825. The molecule has 1 N–H and O–H groups in total. The van der Waals surface area contributed by atoms with E-state index in [0.29, 0.717) is 6.54 Å². The van der Waals surface area contributed by atoms with Crippen LogP contribution < -0.4 is 15.1 Å². The molecule has 3 rings (SSSR count). The summed E-state index contributed by atoms with van der Waals surface area (Å²) in [6.45, 7) is 8.00. The third-order valence-corrected chi connectivity index (χ3v) is 5.31. The first kappa shape index (κ1) is 20.9. The van der Waals surface area contributed by atoms with Crippen LogP contribution in [0.4, 0.5) is 17.1 Å². The summed E-state index contributed by atoms with van der Waals surface area (Å²) in [4.78, 5) is 30.8. The molecule has 0 unspecified atom stereocenters. The van der Waals surface area contributed by atoms with Crippen molar-refractivity contribution in [2.75, 3.05) is 54.9 Å². The molecule has 0 radical (unpaired) electrons. The number of aryl methyl sites for hydroxylation is 1. The summed E-state index contributed by atoms with van der Waals surface area (Å²) in [6, 6.07) is 15.7. The number of piperazine rings is 1. The van der Waals surface area contributed by atoms with Crippen LogP contribution in [0.3, 0.4) is 0 Å². The maximum atomic E-state index is 12.3. The summed E-state index contributed by atoms with van der Waals surface area (Å²) >= 11 is 0. The van der Waals surface area contributed by atoms with Gasteiger partial charge < -0.3 is 20.0 Å². The highest BCUT2D eigenvalue weighted by Crippen LogP contribution is 2.22. The SMILES string of the molecule is CC(=O)N(CCC(=O)Nc1ccc(C)cc1)c1ccc(N2CCN(C)CC2)cc1. The van der Waals surface area contributed by atoms with Crippen molar-refractivity contribution in [2.24, 2.45) is 0 Å². The Labute approximate surface area is 173 Å². The van der Waals surface area contributed by atoms with E-state index in [-0.39, 0.29) is 18.2 Å². The summed E-state index contributed by atoms with van der Waals surface area (Å²) in [7, 11) is 2.14. The van der Waals surface area contributed by atoms with Crippen molar-refractivity contribution in [3.63, 3.8) is 0 Å². The fourth-order valence-electron chi connectivity index (χ4n) is 3.45. The molecule has 0 aliphatic carbocycles. The number of likely N-dealkylation sites (N-methyl/N-ethyl adjacent to an activating group) is 1. The van der Waals surface area contributed by atoms with Crippen LogP contribution in [0.1, 0.15) is 18.9 Å². The van der Waals surface area contributed by atoms with E-state index in [9.17, 15) is 9.59 Å². The molecule has 1 fully saturated rings. The molecule has 2 aromatic rings. The van der Waals surface area contributed by atoms with E-state index in [1.54, 1.807) is 4.90 Å². The second kappa shape index (κ2) is 9.56. The van der Waals surface area contributed by atoms with Gasteiger partial charge in [-0.15, -0.1) is 0 Å². The predicted octanol–water partition coefficient (Wildman–Crippen LogP) is 3.13. The fraction of sp³-hybridized carbons (Fsp3) is 0.391. The van der Waals surface area contributed by atoms with E-state index in [1.165, 1.54) is 12.6 Å². The number of carbonyl (C=O) groups is 2. The molecule has 0 saturated carbocycles. The maximum Gasteiger partial charge on any atom is 0.226 e. The number of anilines is 3. The van der Waals surface area contributed by atoms with Crippen molar-refractivity contribution in [3.8, 4) is 0 Å². The molecule has 2 amide bonds. The highest BCUT2D eigenvalue weighted by molar-refractivity contribution is 5.94. The molecular formula is C23H30N4O2. The number of hydrogen-bond acceptors (Lipinski definition) is 4. The van der Waals surface area contributed by atoms with Gasteiger partial charge in [0.05, 0.1) is 0 Å². The van der Waals surface area contributed by atoms with Gasteiger partial charge in [-0.1, -0.05) is 17.7 Å². The Balaban J connectivity index is 1.58. The average Bonchev–Trinajstić information content (AvgIpc) is 2.71. The van der Waals surface area contributed by atoms with Gasteiger partial charge in [-0.25, -0.2) is 0 Å². The van der Waals surface area contributed by atoms with Crippen LogP contribution in [0.15, 0.2) is 48.5 Å². The van der Waals surface area contributed by atoms with Gasteiger partial charge in [0.25, 0.3) is 0 Å². The first-order valence-corrected chi connectivity index (χ1v) is 10.1. The number of hydrogen-bond donors (Lipinski definition) is 1. The van der Waals surface area contributed by atoms with Gasteiger partial charge in [-0.05, 0) is 50.4 Å². The minimum absolute atomic E-state index is 0.0690. The molecular weight excluding hydrogens is 364 g/mol. The van der Waals surface area contributed by atoms with Crippen LogP contribution in [-0.2, 0) is 9.59 Å². The Morgan fingerprint density at radius 3 is 2.17 bits per heavy atom. The van der Waals surface area contributed by atoms with Crippen LogP contribution in [0.5, 0.6) is 0 Å². The number of benzene rings is 2. The van der Waals surface area contributed by atoms with Crippen molar-refractivity contribution in [1.82, 2.24) is 4.90 Å². The van der Waals surface area contributed by atoms with Crippen LogP contribution in [0, 0.1) is 6.92 Å². The van der Waals surface area contributed by atoms with Gasteiger partial charge in [0, 0.05) is 63.1 Å². The van der Waals surface area contributed by atoms with Crippen molar-refractivity contribution in [3.05, 3.63) is 54.1 Å². The third kappa shape index (κ3) is 5.81. The molecule has 154 valence electrons. The van der Waals surface area contributed by atoms with Crippen LogP contribution >= 0.6 is 0 Å². The first-order valence-electron chi connectivity index (χ1n) is 10.1. The zero-order valence-corrected chi connectivity index (χ0v) is 17.5. The van der Waals surface area contributed by atoms with E-state index < -0.39 is 0 Å². The number of nitrogens with one attached hydrogen (secondary N) is 1. The quantitative estimate of drug-likeness (QED) is 0.818. The molecule has 2 aromatic carbocycles. The Hall–Kier alpha value is -2.86. The van der Waals surface area contributed by atoms with Crippen molar-refractivity contribution < 1.29 is 9.59 Å². The molecule has 1 aliphatic rings. The second-order valence-electron chi connectivity index (χ2n) is 7.64. The predicted molar refractivity (Wildman–Crippen MR) is 119 cm³/mol. The van der Waals surface area contributed by atoms with Gasteiger partial charge >= 0.3 is 0 Å². The molecule has 1 aliphatic heterocycles. The third-order valence-electron chi connectivity index (χ3n) is 5.31. The minimum atomic E-state index is -0.103. The van der Waals surface area contributed by atoms with E-state index >= 15 is 0 Å². The highest BCUT2D eigenvalue weighted by Gasteiger charge is 2.16. The molecule has 0 atom stereocenters. The van der Waals surface area contributed by atoms with Gasteiger partial charge in [0.2, 0.25) is 11.8 Å². The van der Waals surface area contributed by atoms with Crippen molar-refractivity contribution >= 4 is 28.9 Å². The minimum Gasteiger partial charge on any atom is -0.369 e. The largest absolute Gasteiger partial charge is 0.369 e. The smallest absolute Gasteiger partial charge is 0.226 e. The zero-order chi connectivity index (χ0) is 20.8. The van der Waals surface area contributed by atoms with E-state index in [2.05, 4.69) is 34.3 Å². The number of nitrogens with zero attached hydrogens (tertiary/aromatic N) is 3. The molecule has 0 bridgehead atoms. The number of amides is 2. The monoisotopic (exact) mass is 394 g/mol. The lowest BCUT2D eigenvalue weighted by molar-refractivity contribution is -0.117. The second-order valence-corrected chi connectivity index (χ2v) is 7.64. The van der Waals surface area contributed by atoms with E-state index in [0.717, 1.165) is 43.1 Å². The molecule has 6 heteroatoms. The van der Waals surface area contributed by atoms with Gasteiger partial charge in [-0.3, -0.25) is 9.59 Å². The Morgan fingerprint density at radius 2 is 1.59 bits per heavy atom. The summed E-state index contributed by atoms with van der Waals surface area (Å²) in [6.07, 6.45) is 0.244. The van der Waals surface area contributed by atoms with Gasteiger partial charge in [-0.2, -0.15) is 0 Å².